The van der Waals surface area contributed by atoms with Gasteiger partial charge in [0.05, 0.1) is 25.3 Å². The number of benzene rings is 1. The highest BCUT2D eigenvalue weighted by atomic mass is 19.1. The van der Waals surface area contributed by atoms with E-state index in [0.717, 1.165) is 0 Å². The number of anilines is 1. The fourth-order valence-electron chi connectivity index (χ4n) is 3.06. The van der Waals surface area contributed by atoms with Gasteiger partial charge in [0.15, 0.2) is 5.69 Å². The van der Waals surface area contributed by atoms with Gasteiger partial charge in [-0.05, 0) is 24.3 Å². The van der Waals surface area contributed by atoms with Crippen molar-refractivity contribution in [1.82, 2.24) is 19.9 Å². The quantitative estimate of drug-likeness (QED) is 0.793. The van der Waals surface area contributed by atoms with Crippen LogP contribution in [0.25, 0.3) is 0 Å². The Balaban J connectivity index is 1.73. The van der Waals surface area contributed by atoms with Crippen LogP contribution in [0.15, 0.2) is 30.5 Å². The Morgan fingerprint density at radius 1 is 1.30 bits per heavy atom. The molecule has 1 aliphatic rings. The fraction of sp³-hybridized carbons (Fsp3) is 0.353. The molecule has 2 atom stereocenters. The van der Waals surface area contributed by atoms with Crippen LogP contribution >= 0.6 is 0 Å². The standard InChI is InChI=1S/C17H19FN6O3/c1-10(25)20-13-4-2-11(3-5-13)17(27)24-7-12(18)6-14(24)8-23-9-15(16(19)26)21-22-23/h2-5,9,12,14H,6-8H2,1H3,(H2,19,26)(H,20,25). The Hall–Kier alpha value is -3.30. The molecule has 9 nitrogen and oxygen atoms in total. The van der Waals surface area contributed by atoms with Crippen LogP contribution in [0, 0.1) is 0 Å². The molecule has 3 rings (SSSR count). The summed E-state index contributed by atoms with van der Waals surface area (Å²) in [7, 11) is 0. The van der Waals surface area contributed by atoms with Gasteiger partial charge in [-0.3, -0.25) is 14.4 Å². The Labute approximate surface area is 154 Å². The van der Waals surface area contributed by atoms with E-state index in [9.17, 15) is 18.8 Å². The van der Waals surface area contributed by atoms with Crippen LogP contribution in [0.4, 0.5) is 10.1 Å². The van der Waals surface area contributed by atoms with E-state index in [1.54, 1.807) is 24.3 Å². The number of nitrogens with two attached hydrogens (primary N) is 1. The number of carbonyl (C=O) groups is 3. The summed E-state index contributed by atoms with van der Waals surface area (Å²) >= 11 is 0. The average molecular weight is 374 g/mol. The van der Waals surface area contributed by atoms with E-state index in [4.69, 9.17) is 5.73 Å². The minimum atomic E-state index is -1.14. The zero-order chi connectivity index (χ0) is 19.6. The van der Waals surface area contributed by atoms with Crippen molar-refractivity contribution in [1.29, 1.82) is 0 Å². The summed E-state index contributed by atoms with van der Waals surface area (Å²) in [6, 6.07) is 5.96. The SMILES string of the molecule is CC(=O)Nc1ccc(C(=O)N2CC(F)CC2Cn2cc(C(N)=O)nn2)cc1. The number of rotatable bonds is 5. The van der Waals surface area contributed by atoms with Gasteiger partial charge in [-0.2, -0.15) is 0 Å². The van der Waals surface area contributed by atoms with Crippen molar-refractivity contribution in [3.63, 3.8) is 0 Å². The minimum Gasteiger partial charge on any atom is -0.364 e. The van der Waals surface area contributed by atoms with Gasteiger partial charge in [0.1, 0.15) is 6.17 Å². The molecule has 3 amide bonds. The van der Waals surface area contributed by atoms with E-state index >= 15 is 0 Å². The molecule has 27 heavy (non-hydrogen) atoms. The number of halogens is 1. The fourth-order valence-corrected chi connectivity index (χ4v) is 3.06. The van der Waals surface area contributed by atoms with E-state index in [-0.39, 0.29) is 37.0 Å². The molecule has 3 N–H and O–H groups in total. The maximum absolute atomic E-state index is 14.0. The molecule has 0 spiro atoms. The first-order valence-electron chi connectivity index (χ1n) is 8.36. The molecule has 0 saturated carbocycles. The molecule has 1 saturated heterocycles. The second-order valence-corrected chi connectivity index (χ2v) is 6.39. The molecule has 1 aliphatic heterocycles. The first kappa shape index (κ1) is 18.5. The summed E-state index contributed by atoms with van der Waals surface area (Å²) < 4.78 is 15.4. The predicted octanol–water partition coefficient (Wildman–Crippen LogP) is 0.588. The molecule has 10 heteroatoms. The molecular formula is C17H19FN6O3. The maximum atomic E-state index is 14.0. The van der Waals surface area contributed by atoms with Crippen molar-refractivity contribution >= 4 is 23.4 Å². The average Bonchev–Trinajstić information content (AvgIpc) is 3.21. The highest BCUT2D eigenvalue weighted by Gasteiger charge is 2.36. The summed E-state index contributed by atoms with van der Waals surface area (Å²) in [6.07, 6.45) is 0.400. The van der Waals surface area contributed by atoms with Crippen LogP contribution in [0.3, 0.4) is 0 Å². The smallest absolute Gasteiger partial charge is 0.270 e. The Morgan fingerprint density at radius 3 is 2.59 bits per heavy atom. The zero-order valence-electron chi connectivity index (χ0n) is 14.6. The number of hydrogen-bond acceptors (Lipinski definition) is 5. The van der Waals surface area contributed by atoms with Gasteiger partial charge < -0.3 is 16.0 Å². The van der Waals surface area contributed by atoms with Crippen molar-refractivity contribution in [3.05, 3.63) is 41.7 Å². The van der Waals surface area contributed by atoms with Crippen LogP contribution in [0.2, 0.25) is 0 Å². The van der Waals surface area contributed by atoms with Gasteiger partial charge in [0.25, 0.3) is 11.8 Å². The molecule has 1 aromatic heterocycles. The number of amides is 3. The lowest BCUT2D eigenvalue weighted by Crippen LogP contribution is -2.38. The summed E-state index contributed by atoms with van der Waals surface area (Å²) in [6.45, 7) is 1.58. The molecule has 2 heterocycles. The second kappa shape index (κ2) is 7.52. The summed E-state index contributed by atoms with van der Waals surface area (Å²) in [5, 5.41) is 10.1. The molecule has 0 bridgehead atoms. The lowest BCUT2D eigenvalue weighted by atomic mass is 10.1. The molecule has 2 unspecified atom stereocenters. The van der Waals surface area contributed by atoms with E-state index in [1.807, 2.05) is 0 Å². The first-order chi connectivity index (χ1) is 12.8. The topological polar surface area (TPSA) is 123 Å². The van der Waals surface area contributed by atoms with Gasteiger partial charge in [-0.15, -0.1) is 5.10 Å². The molecule has 0 aliphatic carbocycles. The number of aromatic nitrogens is 3. The number of carbonyl (C=O) groups excluding carboxylic acids is 3. The Kier molecular flexibility index (Phi) is 5.15. The number of nitrogens with zero attached hydrogens (tertiary/aromatic N) is 4. The first-order valence-corrected chi connectivity index (χ1v) is 8.36. The summed E-state index contributed by atoms with van der Waals surface area (Å²) in [5.74, 6) is -1.23. The molecule has 1 fully saturated rings. The second-order valence-electron chi connectivity index (χ2n) is 6.39. The number of alkyl halides is 1. The number of nitrogens with one attached hydrogen (secondary N) is 1. The molecular weight excluding hydrogens is 355 g/mol. The Bertz CT molecular complexity index is 866. The van der Waals surface area contributed by atoms with Crippen molar-refractivity contribution in [2.45, 2.75) is 32.1 Å². The monoisotopic (exact) mass is 374 g/mol. The van der Waals surface area contributed by atoms with Crippen molar-refractivity contribution in [2.24, 2.45) is 5.73 Å². The van der Waals surface area contributed by atoms with E-state index < -0.39 is 18.1 Å². The van der Waals surface area contributed by atoms with Crippen molar-refractivity contribution < 1.29 is 18.8 Å². The van der Waals surface area contributed by atoms with Crippen molar-refractivity contribution in [2.75, 3.05) is 11.9 Å². The number of primary amides is 1. The predicted molar refractivity (Wildman–Crippen MR) is 93.6 cm³/mol. The van der Waals surface area contributed by atoms with Crippen LogP contribution in [-0.2, 0) is 11.3 Å². The third-order valence-corrected chi connectivity index (χ3v) is 4.27. The molecule has 1 aromatic carbocycles. The summed E-state index contributed by atoms with van der Waals surface area (Å²) in [5.41, 5.74) is 6.12. The lowest BCUT2D eigenvalue weighted by Gasteiger charge is -2.24. The minimum absolute atomic E-state index is 0.0104. The van der Waals surface area contributed by atoms with Gasteiger partial charge in [0.2, 0.25) is 5.91 Å². The Morgan fingerprint density at radius 2 is 2.00 bits per heavy atom. The maximum Gasteiger partial charge on any atom is 0.270 e. The molecule has 0 radical (unpaired) electrons. The van der Waals surface area contributed by atoms with Crippen molar-refractivity contribution in [3.8, 4) is 0 Å². The largest absolute Gasteiger partial charge is 0.364 e. The van der Waals surface area contributed by atoms with Crippen LogP contribution in [-0.4, -0.2) is 56.4 Å². The third-order valence-electron chi connectivity index (χ3n) is 4.27. The van der Waals surface area contributed by atoms with Crippen LogP contribution in [0.1, 0.15) is 34.2 Å². The normalized spacial score (nSPS) is 19.1. The van der Waals surface area contributed by atoms with Gasteiger partial charge >= 0.3 is 0 Å². The molecule has 142 valence electrons. The van der Waals surface area contributed by atoms with Crippen LogP contribution in [0.5, 0.6) is 0 Å². The van der Waals surface area contributed by atoms with Gasteiger partial charge in [0, 0.05) is 24.6 Å². The van der Waals surface area contributed by atoms with E-state index in [0.29, 0.717) is 11.3 Å². The summed E-state index contributed by atoms with van der Waals surface area (Å²) in [4.78, 5) is 36.4. The van der Waals surface area contributed by atoms with E-state index in [1.165, 1.54) is 22.7 Å². The third kappa shape index (κ3) is 4.27. The highest BCUT2D eigenvalue weighted by molar-refractivity contribution is 5.96. The van der Waals surface area contributed by atoms with Gasteiger partial charge in [-0.1, -0.05) is 5.21 Å². The number of hydrogen-bond donors (Lipinski definition) is 2. The number of likely N-dealkylation sites (tertiary alicyclic amines) is 1. The molecule has 2 aromatic rings. The zero-order valence-corrected chi connectivity index (χ0v) is 14.6. The highest BCUT2D eigenvalue weighted by Crippen LogP contribution is 2.24. The van der Waals surface area contributed by atoms with E-state index in [2.05, 4.69) is 15.6 Å². The van der Waals surface area contributed by atoms with Crippen LogP contribution < -0.4 is 11.1 Å². The lowest BCUT2D eigenvalue weighted by molar-refractivity contribution is -0.114. The van der Waals surface area contributed by atoms with Gasteiger partial charge in [-0.25, -0.2) is 9.07 Å².